The first-order chi connectivity index (χ1) is 11.8. The molecule has 9 heteroatoms. The van der Waals surface area contributed by atoms with Crippen molar-refractivity contribution in [2.24, 2.45) is 0 Å². The van der Waals surface area contributed by atoms with E-state index in [0.717, 1.165) is 12.1 Å². The summed E-state index contributed by atoms with van der Waals surface area (Å²) in [6, 6.07) is 8.33. The van der Waals surface area contributed by atoms with Gasteiger partial charge in [-0.05, 0) is 36.2 Å². The molecule has 2 aromatic carbocycles. The number of benzene rings is 2. The van der Waals surface area contributed by atoms with Crippen LogP contribution in [0.4, 0.5) is 30.7 Å². The first kappa shape index (κ1) is 20.2. The average molecular weight is 440 g/mol. The van der Waals surface area contributed by atoms with E-state index in [1.807, 2.05) is 0 Å². The average Bonchev–Trinajstić information content (AvgIpc) is 2.51. The van der Waals surface area contributed by atoms with Gasteiger partial charge in [0.25, 0.3) is 0 Å². The predicted octanol–water partition coefficient (Wildman–Crippen LogP) is 6.59. The molecule has 0 aliphatic heterocycles. The maximum Gasteiger partial charge on any atom is 0.435 e. The van der Waals surface area contributed by atoms with E-state index >= 15 is 0 Å². The van der Waals surface area contributed by atoms with Crippen LogP contribution in [0, 0.1) is 18.3 Å². The molecule has 0 aromatic heterocycles. The number of nitrogens with zero attached hydrogens (tertiary/aromatic N) is 1. The molecule has 0 fully saturated rings. The second kappa shape index (κ2) is 6.58. The van der Waals surface area contributed by atoms with Gasteiger partial charge in [-0.3, -0.25) is 0 Å². The highest BCUT2D eigenvalue weighted by atomic mass is 79.9. The van der Waals surface area contributed by atoms with Crippen molar-refractivity contribution in [2.45, 2.75) is 24.9 Å². The summed E-state index contributed by atoms with van der Waals surface area (Å²) in [6.45, 7) is 1.25. The molecule has 2 aromatic rings. The summed E-state index contributed by atoms with van der Waals surface area (Å²) in [4.78, 5) is 0. The van der Waals surface area contributed by atoms with Gasteiger partial charge in [-0.1, -0.05) is 34.1 Å². The fourth-order valence-corrected chi connectivity index (χ4v) is 3.29. The second-order valence-electron chi connectivity index (χ2n) is 5.51. The molecule has 0 amide bonds. The van der Waals surface area contributed by atoms with Crippen molar-refractivity contribution in [1.29, 1.82) is 5.26 Å². The number of nitriles is 1. The summed E-state index contributed by atoms with van der Waals surface area (Å²) in [6.07, 6.45) is -12.4. The van der Waals surface area contributed by atoms with E-state index in [0.29, 0.717) is 6.07 Å². The molecule has 0 heterocycles. The summed E-state index contributed by atoms with van der Waals surface area (Å²) >= 11 is 2.93. The van der Waals surface area contributed by atoms with Gasteiger partial charge in [0.1, 0.15) is 0 Å². The number of alkyl halides is 7. The van der Waals surface area contributed by atoms with E-state index in [2.05, 4.69) is 15.9 Å². The molecule has 0 bridgehead atoms. The maximum atomic E-state index is 14.7. The molecule has 26 heavy (non-hydrogen) atoms. The first-order valence-corrected chi connectivity index (χ1v) is 7.75. The third kappa shape index (κ3) is 3.30. The van der Waals surface area contributed by atoms with E-state index in [9.17, 15) is 30.7 Å². The van der Waals surface area contributed by atoms with Crippen LogP contribution in [0.3, 0.4) is 0 Å². The molecule has 0 aliphatic rings. The maximum absolute atomic E-state index is 14.7. The third-order valence-corrected chi connectivity index (χ3v) is 4.32. The lowest BCUT2D eigenvalue weighted by atomic mass is 9.85. The molecule has 0 saturated heterocycles. The Morgan fingerprint density at radius 2 is 1.38 bits per heavy atom. The van der Waals surface area contributed by atoms with Crippen molar-refractivity contribution in [1.82, 2.24) is 0 Å². The minimum absolute atomic E-state index is 0.0137. The monoisotopic (exact) mass is 439 g/mol. The fraction of sp³-hybridized carbons (Fsp3) is 0.235. The van der Waals surface area contributed by atoms with Crippen molar-refractivity contribution >= 4 is 15.9 Å². The predicted molar refractivity (Wildman–Crippen MR) is 83.9 cm³/mol. The van der Waals surface area contributed by atoms with Crippen LogP contribution in [0.5, 0.6) is 0 Å². The summed E-state index contributed by atoms with van der Waals surface area (Å²) in [5.74, 6) is 0. The zero-order chi connectivity index (χ0) is 19.9. The molecule has 0 atom stereocenters. The molecular weight excluding hydrogens is 431 g/mol. The Balaban J connectivity index is 2.90. The van der Waals surface area contributed by atoms with E-state index in [1.54, 1.807) is 6.07 Å². The van der Waals surface area contributed by atoms with Crippen molar-refractivity contribution in [3.05, 3.63) is 57.6 Å². The van der Waals surface area contributed by atoms with Gasteiger partial charge >= 0.3 is 18.0 Å². The van der Waals surface area contributed by atoms with E-state index in [4.69, 9.17) is 5.26 Å². The molecule has 2 rings (SSSR count). The van der Waals surface area contributed by atoms with Crippen LogP contribution in [0.15, 0.2) is 40.9 Å². The van der Waals surface area contributed by atoms with Gasteiger partial charge in [-0.2, -0.15) is 31.6 Å². The van der Waals surface area contributed by atoms with Crippen LogP contribution in [0.2, 0.25) is 0 Å². The number of aryl methyl sites for hydroxylation is 1. The lowest BCUT2D eigenvalue weighted by Gasteiger charge is -2.32. The Bertz CT molecular complexity index is 847. The van der Waals surface area contributed by atoms with E-state index in [1.165, 1.54) is 25.1 Å². The minimum atomic E-state index is -6.22. The van der Waals surface area contributed by atoms with Crippen LogP contribution in [0.25, 0.3) is 11.1 Å². The first-order valence-electron chi connectivity index (χ1n) is 6.96. The standard InChI is InChI=1S/C17H9BrF7N/c1-9-6-12(15(19,16(20,21)22)17(23,24)25)14(13(18)7-9)11-4-2-10(8-26)3-5-11/h2-7H,1H3. The van der Waals surface area contributed by atoms with Gasteiger partial charge < -0.3 is 0 Å². The van der Waals surface area contributed by atoms with Gasteiger partial charge in [0.2, 0.25) is 0 Å². The topological polar surface area (TPSA) is 23.8 Å². The molecule has 138 valence electrons. The molecule has 0 saturated carbocycles. The Hall–Kier alpha value is -2.08. The highest BCUT2D eigenvalue weighted by Gasteiger charge is 2.74. The smallest absolute Gasteiger partial charge is 0.218 e. The molecule has 0 spiro atoms. The lowest BCUT2D eigenvalue weighted by molar-refractivity contribution is -0.348. The van der Waals surface area contributed by atoms with Crippen LogP contribution >= 0.6 is 15.9 Å². The molecule has 1 nitrogen and oxygen atoms in total. The van der Waals surface area contributed by atoms with Gasteiger partial charge in [0.05, 0.1) is 11.6 Å². The van der Waals surface area contributed by atoms with Crippen molar-refractivity contribution in [3.8, 4) is 17.2 Å². The second-order valence-corrected chi connectivity index (χ2v) is 6.37. The lowest BCUT2D eigenvalue weighted by Crippen LogP contribution is -2.50. The van der Waals surface area contributed by atoms with Crippen LogP contribution in [0.1, 0.15) is 16.7 Å². The van der Waals surface area contributed by atoms with Crippen LogP contribution in [-0.2, 0) is 5.67 Å². The van der Waals surface area contributed by atoms with E-state index < -0.39 is 29.1 Å². The summed E-state index contributed by atoms with van der Waals surface area (Å²) in [7, 11) is 0. The number of rotatable bonds is 2. The number of hydrogen-bond acceptors (Lipinski definition) is 1. The Labute approximate surface area is 152 Å². The van der Waals surface area contributed by atoms with Crippen LogP contribution in [-0.4, -0.2) is 12.4 Å². The van der Waals surface area contributed by atoms with E-state index in [-0.39, 0.29) is 21.2 Å². The van der Waals surface area contributed by atoms with Crippen LogP contribution < -0.4 is 0 Å². The number of hydrogen-bond donors (Lipinski definition) is 0. The van der Waals surface area contributed by atoms with Gasteiger partial charge in [-0.15, -0.1) is 0 Å². The zero-order valence-electron chi connectivity index (χ0n) is 12.9. The summed E-state index contributed by atoms with van der Waals surface area (Å²) in [5.41, 5.74) is -7.64. The minimum Gasteiger partial charge on any atom is -0.218 e. The quantitative estimate of drug-likeness (QED) is 0.484. The molecule has 0 unspecified atom stereocenters. The molecule has 0 N–H and O–H groups in total. The largest absolute Gasteiger partial charge is 0.435 e. The molecular formula is C17H9BrF7N. The summed E-state index contributed by atoms with van der Waals surface area (Å²) in [5, 5.41) is 8.77. The molecule has 0 radical (unpaired) electrons. The highest BCUT2D eigenvalue weighted by Crippen LogP contribution is 2.56. The number of halogens is 8. The van der Waals surface area contributed by atoms with Gasteiger partial charge in [-0.25, -0.2) is 4.39 Å². The van der Waals surface area contributed by atoms with Gasteiger partial charge in [0, 0.05) is 15.6 Å². The normalized spacial score (nSPS) is 12.8. The van der Waals surface area contributed by atoms with Crippen molar-refractivity contribution < 1.29 is 30.7 Å². The Kier molecular flexibility index (Phi) is 5.12. The van der Waals surface area contributed by atoms with Crippen molar-refractivity contribution in [2.75, 3.05) is 0 Å². The Morgan fingerprint density at radius 3 is 1.81 bits per heavy atom. The Morgan fingerprint density at radius 1 is 0.885 bits per heavy atom. The fourth-order valence-electron chi connectivity index (χ4n) is 2.48. The highest BCUT2D eigenvalue weighted by molar-refractivity contribution is 9.10. The SMILES string of the molecule is Cc1cc(Br)c(-c2ccc(C#N)cc2)c(C(F)(C(F)(F)F)C(F)(F)F)c1. The summed E-state index contributed by atoms with van der Waals surface area (Å²) < 4.78 is 93.8. The van der Waals surface area contributed by atoms with Gasteiger partial charge in [0.15, 0.2) is 0 Å². The molecule has 0 aliphatic carbocycles. The zero-order valence-corrected chi connectivity index (χ0v) is 14.5. The van der Waals surface area contributed by atoms with Crippen molar-refractivity contribution in [3.63, 3.8) is 0 Å². The third-order valence-electron chi connectivity index (χ3n) is 3.69.